The molecule has 0 radical (unpaired) electrons. The lowest BCUT2D eigenvalue weighted by Gasteiger charge is -2.33. The van der Waals surface area contributed by atoms with Gasteiger partial charge >= 0.3 is 0 Å². The van der Waals surface area contributed by atoms with Crippen LogP contribution in [0.5, 0.6) is 0 Å². The van der Waals surface area contributed by atoms with Crippen LogP contribution < -0.4 is 0 Å². The molecule has 1 atom stereocenters. The standard InChI is InChI=1S/C16H22N2O.ClH/c1-14-5-3-4-10-18(14)11-12-19-13-15-6-8-16(17-2)9-7-15;/h6-9,14H,3-5,10-13H2,1H3;1H. The van der Waals surface area contributed by atoms with Gasteiger partial charge in [0.05, 0.1) is 19.8 Å². The normalized spacial score (nSPS) is 19.1. The lowest BCUT2D eigenvalue weighted by molar-refractivity contribution is 0.0685. The summed E-state index contributed by atoms with van der Waals surface area (Å²) < 4.78 is 5.73. The molecule has 2 rings (SSSR count). The Morgan fingerprint density at radius 2 is 2.05 bits per heavy atom. The Hall–Kier alpha value is -1.08. The van der Waals surface area contributed by atoms with Crippen LogP contribution in [-0.4, -0.2) is 30.6 Å². The number of likely N-dealkylation sites (tertiary alicyclic amines) is 1. The number of benzene rings is 1. The summed E-state index contributed by atoms with van der Waals surface area (Å²) in [6, 6.07) is 8.33. The lowest BCUT2D eigenvalue weighted by atomic mass is 10.0. The van der Waals surface area contributed by atoms with Gasteiger partial charge in [-0.3, -0.25) is 4.90 Å². The maximum absolute atomic E-state index is 6.90. The van der Waals surface area contributed by atoms with Gasteiger partial charge in [-0.1, -0.05) is 30.7 Å². The third-order valence-corrected chi connectivity index (χ3v) is 3.80. The third kappa shape index (κ3) is 5.13. The van der Waals surface area contributed by atoms with Gasteiger partial charge in [0.2, 0.25) is 0 Å². The molecule has 1 heterocycles. The predicted octanol–water partition coefficient (Wildman–Crippen LogP) is 4.05. The van der Waals surface area contributed by atoms with E-state index in [9.17, 15) is 0 Å². The molecule has 1 aromatic rings. The first-order chi connectivity index (χ1) is 9.29. The van der Waals surface area contributed by atoms with Crippen molar-refractivity contribution in [3.8, 4) is 0 Å². The highest BCUT2D eigenvalue weighted by Crippen LogP contribution is 2.16. The molecule has 20 heavy (non-hydrogen) atoms. The molecule has 0 amide bonds. The number of rotatable bonds is 5. The molecular weight excluding hydrogens is 272 g/mol. The molecule has 1 unspecified atom stereocenters. The van der Waals surface area contributed by atoms with E-state index in [-0.39, 0.29) is 12.4 Å². The first-order valence-electron chi connectivity index (χ1n) is 7.08. The van der Waals surface area contributed by atoms with Gasteiger partial charge in [-0.15, -0.1) is 12.4 Å². The Morgan fingerprint density at radius 3 is 2.70 bits per heavy atom. The van der Waals surface area contributed by atoms with Gasteiger partial charge in [0.25, 0.3) is 0 Å². The summed E-state index contributed by atoms with van der Waals surface area (Å²) in [5.74, 6) is 0. The van der Waals surface area contributed by atoms with Crippen molar-refractivity contribution in [3.05, 3.63) is 41.2 Å². The number of nitrogens with zero attached hydrogens (tertiary/aromatic N) is 2. The number of ether oxygens (including phenoxy) is 1. The first-order valence-corrected chi connectivity index (χ1v) is 7.08. The summed E-state index contributed by atoms with van der Waals surface area (Å²) in [6.07, 6.45) is 4.01. The van der Waals surface area contributed by atoms with Crippen LogP contribution in [0.3, 0.4) is 0 Å². The van der Waals surface area contributed by atoms with Crippen LogP contribution in [0.15, 0.2) is 24.3 Å². The quantitative estimate of drug-likeness (QED) is 0.602. The Labute approximate surface area is 128 Å². The zero-order valence-electron chi connectivity index (χ0n) is 12.0. The van der Waals surface area contributed by atoms with Crippen molar-refractivity contribution in [2.75, 3.05) is 19.7 Å². The average molecular weight is 295 g/mol. The van der Waals surface area contributed by atoms with Crippen LogP contribution in [0.2, 0.25) is 0 Å². The van der Waals surface area contributed by atoms with E-state index >= 15 is 0 Å². The summed E-state index contributed by atoms with van der Waals surface area (Å²) >= 11 is 0. The van der Waals surface area contributed by atoms with E-state index in [0.29, 0.717) is 18.3 Å². The molecule has 0 aliphatic carbocycles. The first kappa shape index (κ1) is 17.0. The number of piperidine rings is 1. The zero-order valence-corrected chi connectivity index (χ0v) is 12.9. The molecule has 1 fully saturated rings. The van der Waals surface area contributed by atoms with Crippen LogP contribution in [-0.2, 0) is 11.3 Å². The van der Waals surface area contributed by atoms with E-state index in [4.69, 9.17) is 11.3 Å². The monoisotopic (exact) mass is 294 g/mol. The van der Waals surface area contributed by atoms with Gasteiger partial charge in [-0.2, -0.15) is 0 Å². The fourth-order valence-electron chi connectivity index (χ4n) is 2.53. The zero-order chi connectivity index (χ0) is 13.5. The maximum atomic E-state index is 6.90. The fraction of sp³-hybridized carbons (Fsp3) is 0.562. The Morgan fingerprint density at radius 1 is 1.30 bits per heavy atom. The molecule has 0 spiro atoms. The van der Waals surface area contributed by atoms with Gasteiger partial charge in [-0.05, 0) is 31.9 Å². The highest BCUT2D eigenvalue weighted by Gasteiger charge is 2.17. The van der Waals surface area contributed by atoms with Gasteiger partial charge in [0, 0.05) is 12.6 Å². The molecule has 0 aromatic heterocycles. The summed E-state index contributed by atoms with van der Waals surface area (Å²) in [5, 5.41) is 0. The van der Waals surface area contributed by atoms with E-state index in [0.717, 1.165) is 18.7 Å². The van der Waals surface area contributed by atoms with Crippen molar-refractivity contribution in [2.45, 2.75) is 38.8 Å². The molecule has 3 nitrogen and oxygen atoms in total. The molecule has 4 heteroatoms. The molecule has 1 aromatic carbocycles. The van der Waals surface area contributed by atoms with Gasteiger partial charge in [0.15, 0.2) is 5.69 Å². The minimum atomic E-state index is 0. The van der Waals surface area contributed by atoms with E-state index in [2.05, 4.69) is 16.7 Å². The molecule has 1 saturated heterocycles. The van der Waals surface area contributed by atoms with E-state index in [1.54, 1.807) is 0 Å². The largest absolute Gasteiger partial charge is 0.375 e. The van der Waals surface area contributed by atoms with Crippen LogP contribution >= 0.6 is 12.4 Å². The van der Waals surface area contributed by atoms with E-state index in [1.807, 2.05) is 24.3 Å². The fourth-order valence-corrected chi connectivity index (χ4v) is 2.53. The van der Waals surface area contributed by atoms with Crippen LogP contribution in [0.4, 0.5) is 5.69 Å². The summed E-state index contributed by atoms with van der Waals surface area (Å²) in [5.41, 5.74) is 1.82. The molecule has 0 N–H and O–H groups in total. The molecule has 1 aliphatic heterocycles. The van der Waals surface area contributed by atoms with Crippen LogP contribution in [0, 0.1) is 6.57 Å². The van der Waals surface area contributed by atoms with Crippen molar-refractivity contribution in [1.82, 2.24) is 4.90 Å². The van der Waals surface area contributed by atoms with Crippen molar-refractivity contribution >= 4 is 18.1 Å². The van der Waals surface area contributed by atoms with Crippen LogP contribution in [0.1, 0.15) is 31.7 Å². The molecular formula is C16H23ClN2O. The maximum Gasteiger partial charge on any atom is 0.187 e. The van der Waals surface area contributed by atoms with Crippen molar-refractivity contribution in [2.24, 2.45) is 0 Å². The van der Waals surface area contributed by atoms with Crippen molar-refractivity contribution in [1.29, 1.82) is 0 Å². The Bertz CT molecular complexity index is 427. The minimum Gasteiger partial charge on any atom is -0.375 e. The smallest absolute Gasteiger partial charge is 0.187 e. The third-order valence-electron chi connectivity index (χ3n) is 3.80. The average Bonchev–Trinajstić information content (AvgIpc) is 2.46. The Balaban J connectivity index is 0.00000200. The number of halogens is 1. The highest BCUT2D eigenvalue weighted by atomic mass is 35.5. The van der Waals surface area contributed by atoms with Gasteiger partial charge in [0.1, 0.15) is 0 Å². The second-order valence-corrected chi connectivity index (χ2v) is 5.21. The van der Waals surface area contributed by atoms with Crippen molar-refractivity contribution < 1.29 is 4.74 Å². The van der Waals surface area contributed by atoms with E-state index < -0.39 is 0 Å². The highest BCUT2D eigenvalue weighted by molar-refractivity contribution is 5.85. The predicted molar refractivity (Wildman–Crippen MR) is 84.5 cm³/mol. The minimum absolute atomic E-state index is 0. The molecule has 0 bridgehead atoms. The molecule has 1 aliphatic rings. The van der Waals surface area contributed by atoms with Gasteiger partial charge in [-0.25, -0.2) is 4.85 Å². The molecule has 0 saturated carbocycles. The lowest BCUT2D eigenvalue weighted by Crippen LogP contribution is -2.39. The summed E-state index contributed by atoms with van der Waals surface area (Å²) in [6.45, 7) is 12.9. The topological polar surface area (TPSA) is 16.8 Å². The summed E-state index contributed by atoms with van der Waals surface area (Å²) in [4.78, 5) is 5.90. The summed E-state index contributed by atoms with van der Waals surface area (Å²) in [7, 11) is 0. The second-order valence-electron chi connectivity index (χ2n) is 5.21. The number of hydrogen-bond acceptors (Lipinski definition) is 2. The van der Waals surface area contributed by atoms with E-state index in [1.165, 1.54) is 25.8 Å². The Kier molecular flexibility index (Phi) is 7.61. The number of hydrogen-bond donors (Lipinski definition) is 0. The molecule has 110 valence electrons. The van der Waals surface area contributed by atoms with Gasteiger partial charge < -0.3 is 4.74 Å². The second kappa shape index (κ2) is 8.97. The SMILES string of the molecule is Cl.[C-]#[N+]c1ccc(COCCN2CCCCC2C)cc1. The van der Waals surface area contributed by atoms with Crippen LogP contribution in [0.25, 0.3) is 4.85 Å². The van der Waals surface area contributed by atoms with Crippen molar-refractivity contribution in [3.63, 3.8) is 0 Å².